The van der Waals surface area contributed by atoms with Crippen molar-refractivity contribution in [1.82, 2.24) is 10.2 Å². The molecule has 0 aliphatic carbocycles. The summed E-state index contributed by atoms with van der Waals surface area (Å²) in [4.78, 5) is 36.6. The van der Waals surface area contributed by atoms with Gasteiger partial charge in [0.25, 0.3) is 0 Å². The van der Waals surface area contributed by atoms with Gasteiger partial charge in [0, 0.05) is 13.1 Å². The lowest BCUT2D eigenvalue weighted by Gasteiger charge is -2.34. The number of nitrogens with one attached hydrogen (secondary N) is 1. The Morgan fingerprint density at radius 2 is 2.00 bits per heavy atom. The Balaban J connectivity index is 2.65. The van der Waals surface area contributed by atoms with Crippen LogP contribution in [0, 0.1) is 5.41 Å². The molecule has 0 radical (unpaired) electrons. The highest BCUT2D eigenvalue weighted by molar-refractivity contribution is 5.84. The van der Waals surface area contributed by atoms with E-state index in [2.05, 4.69) is 5.32 Å². The number of carbonyl (C=O) groups is 3. The van der Waals surface area contributed by atoms with Gasteiger partial charge in [-0.05, 0) is 40.0 Å². The van der Waals surface area contributed by atoms with Gasteiger partial charge in [-0.1, -0.05) is 0 Å². The lowest BCUT2D eigenvalue weighted by atomic mass is 9.94. The molecule has 2 N–H and O–H groups in total. The van der Waals surface area contributed by atoms with Crippen LogP contribution in [-0.4, -0.2) is 53.7 Å². The molecule has 2 amide bonds. The van der Waals surface area contributed by atoms with Crippen LogP contribution in [0.15, 0.2) is 0 Å². The molecule has 0 bridgehead atoms. The average Bonchev–Trinajstić information content (AvgIpc) is 2.45. The maximum absolute atomic E-state index is 12.2. The highest BCUT2D eigenvalue weighted by Crippen LogP contribution is 2.19. The van der Waals surface area contributed by atoms with E-state index < -0.39 is 29.4 Å². The van der Waals surface area contributed by atoms with Gasteiger partial charge in [0.1, 0.15) is 6.04 Å². The van der Waals surface area contributed by atoms with Crippen LogP contribution in [-0.2, 0) is 14.3 Å². The molecule has 1 unspecified atom stereocenters. The SMILES string of the molecule is CCOC(=O)C1CCCCN1C(=O)NCC(C)(C)C(=O)O. The summed E-state index contributed by atoms with van der Waals surface area (Å²) in [5.41, 5.74) is -1.05. The van der Waals surface area contributed by atoms with Crippen molar-refractivity contribution >= 4 is 18.0 Å². The third kappa shape index (κ3) is 4.61. The zero-order chi connectivity index (χ0) is 16.0. The van der Waals surface area contributed by atoms with Gasteiger partial charge in [0.15, 0.2) is 0 Å². The number of piperidine rings is 1. The number of aliphatic carboxylic acids is 1. The summed E-state index contributed by atoms with van der Waals surface area (Å²) in [5.74, 6) is -1.38. The molecule has 1 aliphatic heterocycles. The fraction of sp³-hybridized carbons (Fsp3) is 0.786. The summed E-state index contributed by atoms with van der Waals surface area (Å²) in [6, 6.07) is -0.992. The zero-order valence-corrected chi connectivity index (χ0v) is 12.8. The number of carboxylic acids is 1. The summed E-state index contributed by atoms with van der Waals surface area (Å²) < 4.78 is 4.99. The number of ether oxygens (including phenoxy) is 1. The summed E-state index contributed by atoms with van der Waals surface area (Å²) in [6.07, 6.45) is 2.27. The second-order valence-electron chi connectivity index (χ2n) is 5.80. The number of urea groups is 1. The van der Waals surface area contributed by atoms with Crippen molar-refractivity contribution in [1.29, 1.82) is 0 Å². The van der Waals surface area contributed by atoms with Gasteiger partial charge in [-0.3, -0.25) is 4.79 Å². The Bertz CT molecular complexity index is 408. The summed E-state index contributed by atoms with van der Waals surface area (Å²) in [6.45, 7) is 5.55. The molecule has 1 atom stereocenters. The van der Waals surface area contributed by atoms with Crippen molar-refractivity contribution in [2.45, 2.75) is 46.1 Å². The number of nitrogens with zero attached hydrogens (tertiary/aromatic N) is 1. The van der Waals surface area contributed by atoms with E-state index in [4.69, 9.17) is 9.84 Å². The Morgan fingerprint density at radius 3 is 2.57 bits per heavy atom. The molecule has 0 aromatic carbocycles. The van der Waals surface area contributed by atoms with Crippen LogP contribution < -0.4 is 5.32 Å². The quantitative estimate of drug-likeness (QED) is 0.744. The molecule has 0 spiro atoms. The Labute approximate surface area is 124 Å². The molecule has 0 saturated carbocycles. The van der Waals surface area contributed by atoms with E-state index in [0.29, 0.717) is 13.0 Å². The third-order valence-electron chi connectivity index (χ3n) is 3.58. The van der Waals surface area contributed by atoms with Gasteiger partial charge in [0.2, 0.25) is 0 Å². The normalized spacial score (nSPS) is 19.0. The van der Waals surface area contributed by atoms with Crippen LogP contribution in [0.2, 0.25) is 0 Å². The minimum absolute atomic E-state index is 0.00715. The Kier molecular flexibility index (Phi) is 5.99. The molecule has 1 saturated heterocycles. The third-order valence-corrected chi connectivity index (χ3v) is 3.58. The summed E-state index contributed by atoms with van der Waals surface area (Å²) >= 11 is 0. The molecular weight excluding hydrogens is 276 g/mol. The zero-order valence-electron chi connectivity index (χ0n) is 12.8. The average molecular weight is 300 g/mol. The van der Waals surface area contributed by atoms with Crippen LogP contribution in [0.4, 0.5) is 4.79 Å². The minimum atomic E-state index is -1.05. The van der Waals surface area contributed by atoms with Crippen LogP contribution in [0.25, 0.3) is 0 Å². The van der Waals surface area contributed by atoms with Gasteiger partial charge >= 0.3 is 18.0 Å². The molecule has 0 aromatic heterocycles. The monoisotopic (exact) mass is 300 g/mol. The second kappa shape index (κ2) is 7.28. The highest BCUT2D eigenvalue weighted by atomic mass is 16.5. The van der Waals surface area contributed by atoms with Crippen molar-refractivity contribution in [2.75, 3.05) is 19.7 Å². The topological polar surface area (TPSA) is 95.9 Å². The number of esters is 1. The molecule has 7 nitrogen and oxygen atoms in total. The maximum Gasteiger partial charge on any atom is 0.328 e. The van der Waals surface area contributed by atoms with Crippen molar-refractivity contribution in [3.05, 3.63) is 0 Å². The van der Waals surface area contributed by atoms with Gasteiger partial charge in [-0.15, -0.1) is 0 Å². The molecule has 1 rings (SSSR count). The molecule has 0 aromatic rings. The second-order valence-corrected chi connectivity index (χ2v) is 5.80. The van der Waals surface area contributed by atoms with E-state index in [1.807, 2.05) is 0 Å². The first-order chi connectivity index (χ1) is 9.79. The number of rotatable bonds is 5. The fourth-order valence-electron chi connectivity index (χ4n) is 2.13. The largest absolute Gasteiger partial charge is 0.481 e. The highest BCUT2D eigenvalue weighted by Gasteiger charge is 2.34. The molecule has 21 heavy (non-hydrogen) atoms. The number of carbonyl (C=O) groups excluding carboxylic acids is 2. The van der Waals surface area contributed by atoms with E-state index >= 15 is 0 Å². The summed E-state index contributed by atoms with van der Waals surface area (Å²) in [5, 5.41) is 11.6. The van der Waals surface area contributed by atoms with Crippen molar-refractivity contribution in [3.63, 3.8) is 0 Å². The van der Waals surface area contributed by atoms with E-state index in [1.54, 1.807) is 6.92 Å². The first kappa shape index (κ1) is 17.3. The first-order valence-electron chi connectivity index (χ1n) is 7.24. The predicted octanol–water partition coefficient (Wildman–Crippen LogP) is 1.22. The van der Waals surface area contributed by atoms with Crippen LogP contribution >= 0.6 is 0 Å². The van der Waals surface area contributed by atoms with Gasteiger partial charge in [0.05, 0.1) is 12.0 Å². The molecule has 1 aliphatic rings. The number of amides is 2. The van der Waals surface area contributed by atoms with Crippen molar-refractivity contribution < 1.29 is 24.2 Å². The number of carboxylic acid groups (broad SMARTS) is 1. The van der Waals surface area contributed by atoms with Crippen LogP contribution in [0.5, 0.6) is 0 Å². The van der Waals surface area contributed by atoms with E-state index in [-0.39, 0.29) is 13.2 Å². The maximum atomic E-state index is 12.2. The molecule has 7 heteroatoms. The molecular formula is C14H24N2O5. The first-order valence-corrected chi connectivity index (χ1v) is 7.24. The van der Waals surface area contributed by atoms with Crippen molar-refractivity contribution in [2.24, 2.45) is 5.41 Å². The molecule has 120 valence electrons. The lowest BCUT2D eigenvalue weighted by Crippen LogP contribution is -2.54. The smallest absolute Gasteiger partial charge is 0.328 e. The predicted molar refractivity (Wildman–Crippen MR) is 75.8 cm³/mol. The number of hydrogen-bond donors (Lipinski definition) is 2. The van der Waals surface area contributed by atoms with E-state index in [0.717, 1.165) is 12.8 Å². The van der Waals surface area contributed by atoms with Crippen molar-refractivity contribution in [3.8, 4) is 0 Å². The van der Waals surface area contributed by atoms with E-state index in [9.17, 15) is 14.4 Å². The standard InChI is InChI=1S/C14H24N2O5/c1-4-21-11(17)10-7-5-6-8-16(10)13(20)15-9-14(2,3)12(18)19/h10H,4-9H2,1-3H3,(H,15,20)(H,18,19). The number of hydrogen-bond acceptors (Lipinski definition) is 4. The number of likely N-dealkylation sites (tertiary alicyclic amines) is 1. The van der Waals surface area contributed by atoms with Crippen LogP contribution in [0.3, 0.4) is 0 Å². The lowest BCUT2D eigenvalue weighted by molar-refractivity contribution is -0.150. The molecule has 1 heterocycles. The van der Waals surface area contributed by atoms with Gasteiger partial charge in [-0.25, -0.2) is 9.59 Å². The Morgan fingerprint density at radius 1 is 1.33 bits per heavy atom. The van der Waals surface area contributed by atoms with E-state index in [1.165, 1.54) is 18.7 Å². The molecule has 1 fully saturated rings. The summed E-state index contributed by atoms with van der Waals surface area (Å²) in [7, 11) is 0. The van der Waals surface area contributed by atoms with Crippen LogP contribution in [0.1, 0.15) is 40.0 Å². The Hall–Kier alpha value is -1.79. The minimum Gasteiger partial charge on any atom is -0.481 e. The fourth-order valence-corrected chi connectivity index (χ4v) is 2.13. The van der Waals surface area contributed by atoms with Gasteiger partial charge < -0.3 is 20.1 Å². The van der Waals surface area contributed by atoms with Gasteiger partial charge in [-0.2, -0.15) is 0 Å².